The van der Waals surface area contributed by atoms with E-state index in [2.05, 4.69) is 9.97 Å². The van der Waals surface area contributed by atoms with Gasteiger partial charge in [-0.3, -0.25) is 9.78 Å². The highest BCUT2D eigenvalue weighted by Gasteiger charge is 2.32. The minimum Gasteiger partial charge on any atom is -0.384 e. The Morgan fingerprint density at radius 2 is 1.74 bits per heavy atom. The number of nitrogen functional groups attached to an aromatic ring is 1. The van der Waals surface area contributed by atoms with Crippen LogP contribution in [0.4, 0.5) is 24.7 Å². The van der Waals surface area contributed by atoms with Crippen LogP contribution < -0.4 is 10.6 Å². The molecule has 180 valence electrons. The molecule has 0 aliphatic rings. The highest BCUT2D eigenvalue weighted by atomic mass is 32.2. The number of fused-ring (bicyclic) bond motifs is 1. The van der Waals surface area contributed by atoms with Gasteiger partial charge in [0.15, 0.2) is 9.84 Å². The highest BCUT2D eigenvalue weighted by Crippen LogP contribution is 2.31. The van der Waals surface area contributed by atoms with Gasteiger partial charge >= 0.3 is 6.18 Å². The van der Waals surface area contributed by atoms with E-state index >= 15 is 0 Å². The highest BCUT2D eigenvalue weighted by molar-refractivity contribution is 7.90. The van der Waals surface area contributed by atoms with Gasteiger partial charge in [-0.25, -0.2) is 13.4 Å². The summed E-state index contributed by atoms with van der Waals surface area (Å²) in [4.78, 5) is 22.3. The Labute approximate surface area is 199 Å². The van der Waals surface area contributed by atoms with E-state index in [9.17, 15) is 26.4 Å². The molecule has 2 N–H and O–H groups in total. The van der Waals surface area contributed by atoms with Crippen LogP contribution in [-0.4, -0.2) is 30.5 Å². The predicted molar refractivity (Wildman–Crippen MR) is 125 cm³/mol. The maximum Gasteiger partial charge on any atom is 0.417 e. The minimum absolute atomic E-state index is 0.0260. The second-order valence-corrected chi connectivity index (χ2v) is 9.84. The van der Waals surface area contributed by atoms with Crippen molar-refractivity contribution in [3.05, 3.63) is 89.7 Å². The van der Waals surface area contributed by atoms with Crippen molar-refractivity contribution in [1.29, 1.82) is 0 Å². The zero-order valence-electron chi connectivity index (χ0n) is 18.3. The molecule has 0 spiro atoms. The molecule has 35 heavy (non-hydrogen) atoms. The van der Waals surface area contributed by atoms with Crippen LogP contribution in [0, 0.1) is 0 Å². The fourth-order valence-electron chi connectivity index (χ4n) is 3.59. The third-order valence-corrected chi connectivity index (χ3v) is 6.38. The van der Waals surface area contributed by atoms with Gasteiger partial charge in [-0.05, 0) is 42.0 Å². The molecule has 0 aliphatic carbocycles. The van der Waals surface area contributed by atoms with Gasteiger partial charge in [0.25, 0.3) is 5.91 Å². The number of hydrogen-bond donors (Lipinski definition) is 1. The van der Waals surface area contributed by atoms with E-state index in [4.69, 9.17) is 5.73 Å². The van der Waals surface area contributed by atoms with E-state index in [1.165, 1.54) is 24.3 Å². The Hall–Kier alpha value is -3.99. The van der Waals surface area contributed by atoms with Gasteiger partial charge in [0.2, 0.25) is 0 Å². The third kappa shape index (κ3) is 5.24. The minimum atomic E-state index is -4.71. The van der Waals surface area contributed by atoms with Crippen molar-refractivity contribution in [1.82, 2.24) is 9.97 Å². The summed E-state index contributed by atoms with van der Waals surface area (Å²) in [6, 6.07) is 15.0. The molecule has 2 heterocycles. The second kappa shape index (κ2) is 8.99. The molecule has 4 rings (SSSR count). The standard InChI is InChI=1S/C24H19F3N4O3S/c1-35(33,34)21-5-3-2-4-20(21)31(23(32)17-11-18(13-29-12-17)24(25,26)27)14-15-6-7-16-8-9-22(28)30-19(16)10-15/h2-13H,14H2,1H3,(H2,28,30). The Kier molecular flexibility index (Phi) is 6.20. The first-order valence-corrected chi connectivity index (χ1v) is 12.1. The zero-order valence-corrected chi connectivity index (χ0v) is 19.1. The van der Waals surface area contributed by atoms with Crippen LogP contribution >= 0.6 is 0 Å². The molecular weight excluding hydrogens is 481 g/mol. The van der Waals surface area contributed by atoms with E-state index in [0.29, 0.717) is 29.2 Å². The molecule has 0 radical (unpaired) electrons. The number of hydrogen-bond acceptors (Lipinski definition) is 6. The van der Waals surface area contributed by atoms with Crippen molar-refractivity contribution >= 4 is 38.2 Å². The largest absolute Gasteiger partial charge is 0.417 e. The first-order chi connectivity index (χ1) is 16.4. The molecule has 0 saturated heterocycles. The summed E-state index contributed by atoms with van der Waals surface area (Å²) in [6.45, 7) is -0.145. The molecule has 11 heteroatoms. The van der Waals surface area contributed by atoms with E-state index in [-0.39, 0.29) is 22.7 Å². The number of pyridine rings is 2. The van der Waals surface area contributed by atoms with Gasteiger partial charge in [0.1, 0.15) is 5.82 Å². The fourth-order valence-corrected chi connectivity index (χ4v) is 4.47. The van der Waals surface area contributed by atoms with Crippen molar-refractivity contribution in [2.75, 3.05) is 16.9 Å². The lowest BCUT2D eigenvalue weighted by Gasteiger charge is -2.25. The number of aromatic nitrogens is 2. The maximum absolute atomic E-state index is 13.5. The normalized spacial score (nSPS) is 12.0. The summed E-state index contributed by atoms with van der Waals surface area (Å²) >= 11 is 0. The Morgan fingerprint density at radius 1 is 1.03 bits per heavy atom. The van der Waals surface area contributed by atoms with Crippen LogP contribution in [0.5, 0.6) is 0 Å². The van der Waals surface area contributed by atoms with Crippen LogP contribution in [0.2, 0.25) is 0 Å². The van der Waals surface area contributed by atoms with E-state index in [1.54, 1.807) is 30.3 Å². The predicted octanol–water partition coefficient (Wildman–Crippen LogP) is 4.48. The number of halogens is 3. The lowest BCUT2D eigenvalue weighted by atomic mass is 10.1. The summed E-state index contributed by atoms with van der Waals surface area (Å²) in [5.41, 5.74) is 5.47. The molecule has 0 unspecified atom stereocenters. The van der Waals surface area contributed by atoms with Crippen molar-refractivity contribution < 1.29 is 26.4 Å². The van der Waals surface area contributed by atoms with Gasteiger partial charge in [-0.1, -0.05) is 24.3 Å². The average Bonchev–Trinajstić information content (AvgIpc) is 2.81. The van der Waals surface area contributed by atoms with Crippen molar-refractivity contribution in [2.24, 2.45) is 0 Å². The quantitative estimate of drug-likeness (QED) is 0.433. The number of benzene rings is 2. The Morgan fingerprint density at radius 3 is 2.46 bits per heavy atom. The number of rotatable bonds is 5. The second-order valence-electron chi connectivity index (χ2n) is 7.85. The Balaban J connectivity index is 1.85. The molecule has 0 atom stereocenters. The topological polar surface area (TPSA) is 106 Å². The number of anilines is 2. The maximum atomic E-state index is 13.5. The van der Waals surface area contributed by atoms with E-state index in [0.717, 1.165) is 22.7 Å². The SMILES string of the molecule is CS(=O)(=O)c1ccccc1N(Cc1ccc2ccc(N)nc2c1)C(=O)c1cncc(C(F)(F)F)c1. The fraction of sp³-hybridized carbons (Fsp3) is 0.125. The summed E-state index contributed by atoms with van der Waals surface area (Å²) in [6.07, 6.45) is -2.09. The lowest BCUT2D eigenvalue weighted by Crippen LogP contribution is -2.32. The molecule has 1 amide bonds. The molecule has 0 saturated carbocycles. The van der Waals surface area contributed by atoms with Crippen molar-refractivity contribution in [3.8, 4) is 0 Å². The third-order valence-electron chi connectivity index (χ3n) is 5.23. The Bertz CT molecular complexity index is 1540. The molecule has 2 aromatic heterocycles. The molecule has 0 aliphatic heterocycles. The van der Waals surface area contributed by atoms with Gasteiger partial charge < -0.3 is 10.6 Å². The molecule has 0 bridgehead atoms. The van der Waals surface area contributed by atoms with E-state index < -0.39 is 27.5 Å². The summed E-state index contributed by atoms with van der Waals surface area (Å²) in [5.74, 6) is -0.555. The van der Waals surface area contributed by atoms with Gasteiger partial charge in [-0.2, -0.15) is 13.2 Å². The number of nitrogens with zero attached hydrogens (tertiary/aromatic N) is 3. The van der Waals surface area contributed by atoms with Gasteiger partial charge in [-0.15, -0.1) is 0 Å². The van der Waals surface area contributed by atoms with E-state index in [1.807, 2.05) is 0 Å². The zero-order chi connectivity index (χ0) is 25.4. The van der Waals surface area contributed by atoms with Crippen LogP contribution in [0.25, 0.3) is 10.9 Å². The molecule has 7 nitrogen and oxygen atoms in total. The number of para-hydroxylation sites is 1. The van der Waals surface area contributed by atoms with Crippen LogP contribution in [0.15, 0.2) is 78.0 Å². The number of sulfone groups is 1. The van der Waals surface area contributed by atoms with Crippen LogP contribution in [0.3, 0.4) is 0 Å². The summed E-state index contributed by atoms with van der Waals surface area (Å²) in [5, 5.41) is 0.791. The smallest absolute Gasteiger partial charge is 0.384 e. The number of alkyl halides is 3. The monoisotopic (exact) mass is 500 g/mol. The summed E-state index contributed by atoms with van der Waals surface area (Å²) < 4.78 is 64.6. The van der Waals surface area contributed by atoms with Crippen LogP contribution in [-0.2, 0) is 22.6 Å². The average molecular weight is 501 g/mol. The first kappa shape index (κ1) is 24.1. The number of carbonyl (C=O) groups is 1. The molecule has 0 fully saturated rings. The lowest BCUT2D eigenvalue weighted by molar-refractivity contribution is -0.137. The first-order valence-electron chi connectivity index (χ1n) is 10.2. The number of amides is 1. The van der Waals surface area contributed by atoms with Crippen molar-refractivity contribution in [3.63, 3.8) is 0 Å². The molecule has 4 aromatic rings. The van der Waals surface area contributed by atoms with Crippen LogP contribution in [0.1, 0.15) is 21.5 Å². The molecular formula is C24H19F3N4O3S. The summed E-state index contributed by atoms with van der Waals surface area (Å²) in [7, 11) is -3.78. The molecule has 2 aromatic carbocycles. The van der Waals surface area contributed by atoms with Gasteiger partial charge in [0.05, 0.1) is 33.8 Å². The van der Waals surface area contributed by atoms with Crippen molar-refractivity contribution in [2.45, 2.75) is 17.6 Å². The number of nitrogens with two attached hydrogens (primary N) is 1. The number of carbonyl (C=O) groups excluding carboxylic acids is 1. The van der Waals surface area contributed by atoms with Gasteiger partial charge in [0, 0.05) is 24.0 Å².